The van der Waals surface area contributed by atoms with Crippen molar-refractivity contribution in [1.82, 2.24) is 9.88 Å². The molecule has 2 heterocycles. The van der Waals surface area contributed by atoms with Gasteiger partial charge in [0.05, 0.1) is 5.69 Å². The van der Waals surface area contributed by atoms with Crippen molar-refractivity contribution in [2.24, 2.45) is 0 Å². The van der Waals surface area contributed by atoms with Crippen molar-refractivity contribution >= 4 is 28.5 Å². The Morgan fingerprint density at radius 1 is 1.40 bits per heavy atom. The molecule has 2 amide bonds. The average Bonchev–Trinajstić information content (AvgIpc) is 3.03. The van der Waals surface area contributed by atoms with Gasteiger partial charge in [0.15, 0.2) is 5.13 Å². The molecule has 1 aromatic rings. The lowest BCUT2D eigenvalue weighted by Gasteiger charge is -2.30. The second-order valence-electron chi connectivity index (χ2n) is 5.51. The van der Waals surface area contributed by atoms with Crippen molar-refractivity contribution in [2.75, 3.05) is 11.9 Å². The van der Waals surface area contributed by atoms with Crippen LogP contribution in [-0.4, -0.2) is 39.1 Å². The number of thiazole rings is 1. The van der Waals surface area contributed by atoms with Gasteiger partial charge in [-0.25, -0.2) is 14.6 Å². The van der Waals surface area contributed by atoms with Crippen LogP contribution in [0.3, 0.4) is 0 Å². The maximum Gasteiger partial charge on any atom is 0.329 e. The Kier molecular flexibility index (Phi) is 3.16. The molecule has 2 N–H and O–H groups in total. The summed E-state index contributed by atoms with van der Waals surface area (Å²) in [7, 11) is 0. The number of aromatic nitrogens is 1. The number of fused-ring (bicyclic) bond motifs is 1. The van der Waals surface area contributed by atoms with E-state index in [0.29, 0.717) is 24.5 Å². The zero-order valence-electron chi connectivity index (χ0n) is 11.3. The molecule has 1 fully saturated rings. The van der Waals surface area contributed by atoms with Crippen LogP contribution in [0.2, 0.25) is 0 Å². The Balaban J connectivity index is 1.74. The number of urea groups is 1. The maximum absolute atomic E-state index is 12.3. The molecule has 0 spiro atoms. The first-order chi connectivity index (χ1) is 9.50. The zero-order valence-corrected chi connectivity index (χ0v) is 12.1. The van der Waals surface area contributed by atoms with Crippen molar-refractivity contribution in [2.45, 2.75) is 44.6 Å². The summed E-state index contributed by atoms with van der Waals surface area (Å²) < 4.78 is 0. The van der Waals surface area contributed by atoms with Gasteiger partial charge in [0.2, 0.25) is 0 Å². The lowest BCUT2D eigenvalue weighted by atomic mass is 10.00. The molecule has 6 nitrogen and oxygen atoms in total. The first-order valence-corrected chi connectivity index (χ1v) is 7.63. The molecular formula is C13H17N3O3S. The molecule has 2 aliphatic rings. The fraction of sp³-hybridized carbons (Fsp3) is 0.615. The van der Waals surface area contributed by atoms with Gasteiger partial charge in [0.25, 0.3) is 0 Å². The summed E-state index contributed by atoms with van der Waals surface area (Å²) in [6, 6.07) is -0.361. The summed E-state index contributed by atoms with van der Waals surface area (Å²) in [5.74, 6) is -0.952. The quantitative estimate of drug-likeness (QED) is 0.875. The van der Waals surface area contributed by atoms with Crippen LogP contribution < -0.4 is 5.32 Å². The van der Waals surface area contributed by atoms with Crippen LogP contribution in [0.15, 0.2) is 0 Å². The van der Waals surface area contributed by atoms with Crippen molar-refractivity contribution in [3.8, 4) is 0 Å². The lowest BCUT2D eigenvalue weighted by molar-refractivity contribution is -0.146. The standard InChI is InChI=1S/C13H17N3O3S/c1-13(10(17)18)6-3-7-16(13)12(19)15-11-14-8-4-2-5-9(8)20-11/h2-7H2,1H3,(H,17,18)(H,14,15,19). The minimum atomic E-state index is -1.11. The Morgan fingerprint density at radius 2 is 2.20 bits per heavy atom. The predicted molar refractivity (Wildman–Crippen MR) is 75.1 cm³/mol. The summed E-state index contributed by atoms with van der Waals surface area (Å²) in [5.41, 5.74) is -0.0305. The van der Waals surface area contributed by atoms with E-state index in [-0.39, 0.29) is 6.03 Å². The first-order valence-electron chi connectivity index (χ1n) is 6.81. The largest absolute Gasteiger partial charge is 0.480 e. The summed E-state index contributed by atoms with van der Waals surface area (Å²) in [6.07, 6.45) is 4.33. The van der Waals surface area contributed by atoms with Crippen LogP contribution in [0.5, 0.6) is 0 Å². The number of aryl methyl sites for hydroxylation is 2. The van der Waals surface area contributed by atoms with Crippen LogP contribution in [0.1, 0.15) is 36.8 Å². The highest BCUT2D eigenvalue weighted by atomic mass is 32.1. The van der Waals surface area contributed by atoms with Gasteiger partial charge in [-0.05, 0) is 39.0 Å². The normalized spacial score (nSPS) is 24.8. The molecule has 0 radical (unpaired) electrons. The Morgan fingerprint density at radius 3 is 2.90 bits per heavy atom. The number of nitrogens with one attached hydrogen (secondary N) is 1. The monoisotopic (exact) mass is 295 g/mol. The number of rotatable bonds is 2. The second-order valence-corrected chi connectivity index (χ2v) is 6.59. The molecule has 1 unspecified atom stereocenters. The number of anilines is 1. The minimum Gasteiger partial charge on any atom is -0.480 e. The molecule has 1 saturated heterocycles. The number of carbonyl (C=O) groups is 2. The summed E-state index contributed by atoms with van der Waals surface area (Å²) in [6.45, 7) is 2.07. The van der Waals surface area contributed by atoms with Crippen LogP contribution in [-0.2, 0) is 17.6 Å². The van der Waals surface area contributed by atoms with E-state index < -0.39 is 11.5 Å². The third-order valence-corrected chi connectivity index (χ3v) is 5.23. The molecule has 1 aromatic heterocycles. The Bertz CT molecular complexity index is 550. The first kappa shape index (κ1) is 13.4. The highest BCUT2D eigenvalue weighted by Gasteiger charge is 2.46. The van der Waals surface area contributed by atoms with Gasteiger partial charge in [0.1, 0.15) is 5.54 Å². The molecule has 0 bridgehead atoms. The van der Waals surface area contributed by atoms with E-state index in [9.17, 15) is 14.7 Å². The molecule has 7 heteroatoms. The Hall–Kier alpha value is -1.63. The fourth-order valence-electron chi connectivity index (χ4n) is 2.91. The molecule has 3 rings (SSSR count). The SMILES string of the molecule is CC1(C(=O)O)CCCN1C(=O)Nc1nc2c(s1)CCC2. The number of hydrogen-bond acceptors (Lipinski definition) is 4. The molecule has 0 saturated carbocycles. The molecule has 1 aliphatic heterocycles. The van der Waals surface area contributed by atoms with E-state index in [0.717, 1.165) is 25.0 Å². The molecule has 108 valence electrons. The number of carboxylic acid groups (broad SMARTS) is 1. The Labute approximate surface area is 120 Å². The van der Waals surface area contributed by atoms with Crippen molar-refractivity contribution < 1.29 is 14.7 Å². The number of hydrogen-bond donors (Lipinski definition) is 2. The number of carbonyl (C=O) groups excluding carboxylic acids is 1. The third-order valence-electron chi connectivity index (χ3n) is 4.16. The van der Waals surface area contributed by atoms with Crippen molar-refractivity contribution in [1.29, 1.82) is 0 Å². The number of carboxylic acids is 1. The van der Waals surface area contributed by atoms with Gasteiger partial charge in [-0.2, -0.15) is 0 Å². The third kappa shape index (κ3) is 2.06. The molecule has 1 atom stereocenters. The molecule has 1 aliphatic carbocycles. The molecule has 20 heavy (non-hydrogen) atoms. The van der Waals surface area contributed by atoms with Crippen LogP contribution in [0.4, 0.5) is 9.93 Å². The summed E-state index contributed by atoms with van der Waals surface area (Å²) in [5, 5.41) is 12.7. The smallest absolute Gasteiger partial charge is 0.329 e. The van der Waals surface area contributed by atoms with E-state index in [4.69, 9.17) is 0 Å². The van der Waals surface area contributed by atoms with Gasteiger partial charge in [-0.3, -0.25) is 5.32 Å². The summed E-state index contributed by atoms with van der Waals surface area (Å²) >= 11 is 1.50. The number of aliphatic carboxylic acids is 1. The van der Waals surface area contributed by atoms with E-state index in [1.165, 1.54) is 21.1 Å². The van der Waals surface area contributed by atoms with Crippen LogP contribution in [0, 0.1) is 0 Å². The minimum absolute atomic E-state index is 0.361. The molecular weight excluding hydrogens is 278 g/mol. The van der Waals surface area contributed by atoms with Crippen molar-refractivity contribution in [3.63, 3.8) is 0 Å². The summed E-state index contributed by atoms with van der Waals surface area (Å²) in [4.78, 5) is 30.7. The highest BCUT2D eigenvalue weighted by molar-refractivity contribution is 7.15. The topological polar surface area (TPSA) is 82.5 Å². The van der Waals surface area contributed by atoms with Crippen LogP contribution >= 0.6 is 11.3 Å². The van der Waals surface area contributed by atoms with E-state index in [2.05, 4.69) is 10.3 Å². The number of amides is 2. The van der Waals surface area contributed by atoms with Crippen molar-refractivity contribution in [3.05, 3.63) is 10.6 Å². The van der Waals surface area contributed by atoms with Gasteiger partial charge in [-0.15, -0.1) is 11.3 Å². The highest BCUT2D eigenvalue weighted by Crippen LogP contribution is 2.33. The zero-order chi connectivity index (χ0) is 14.3. The number of nitrogens with zero attached hydrogens (tertiary/aromatic N) is 2. The number of likely N-dealkylation sites (tertiary alicyclic amines) is 1. The fourth-order valence-corrected chi connectivity index (χ4v) is 3.95. The van der Waals surface area contributed by atoms with Gasteiger partial charge < -0.3 is 10.0 Å². The van der Waals surface area contributed by atoms with E-state index >= 15 is 0 Å². The van der Waals surface area contributed by atoms with Gasteiger partial charge in [0, 0.05) is 11.4 Å². The molecule has 0 aromatic carbocycles. The van der Waals surface area contributed by atoms with Gasteiger partial charge in [-0.1, -0.05) is 0 Å². The predicted octanol–water partition coefficient (Wildman–Crippen LogP) is 2.10. The maximum atomic E-state index is 12.3. The van der Waals surface area contributed by atoms with Crippen LogP contribution in [0.25, 0.3) is 0 Å². The average molecular weight is 295 g/mol. The van der Waals surface area contributed by atoms with E-state index in [1.54, 1.807) is 6.92 Å². The lowest BCUT2D eigenvalue weighted by Crippen LogP contribution is -2.52. The van der Waals surface area contributed by atoms with Gasteiger partial charge >= 0.3 is 12.0 Å². The second kappa shape index (κ2) is 4.73. The van der Waals surface area contributed by atoms with E-state index in [1.807, 2.05) is 0 Å².